The van der Waals surface area contributed by atoms with Crippen molar-refractivity contribution in [3.05, 3.63) is 82.9 Å². The van der Waals surface area contributed by atoms with E-state index in [0.717, 1.165) is 36.1 Å². The van der Waals surface area contributed by atoms with Crippen LogP contribution in [-0.4, -0.2) is 15.9 Å². The predicted molar refractivity (Wildman–Crippen MR) is 124 cm³/mol. The SMILES string of the molecule is NC(=O)Cc1ccc(CNc2ncnc(NC(CC3CC3)c3ccc(C(F)(F)F)cc3)c2F)cc1. The number of amides is 1. The summed E-state index contributed by atoms with van der Waals surface area (Å²) in [6.07, 6.45) is -0.310. The van der Waals surface area contributed by atoms with Gasteiger partial charge in [-0.1, -0.05) is 49.2 Å². The monoisotopic (exact) mass is 487 g/mol. The normalized spacial score (nSPS) is 14.4. The number of nitrogens with zero attached hydrogens (tertiary/aromatic N) is 2. The van der Waals surface area contributed by atoms with Crippen molar-refractivity contribution in [2.45, 2.75) is 44.4 Å². The highest BCUT2D eigenvalue weighted by molar-refractivity contribution is 5.76. The molecule has 0 bridgehead atoms. The van der Waals surface area contributed by atoms with Crippen molar-refractivity contribution in [3.8, 4) is 0 Å². The molecule has 1 heterocycles. The molecule has 0 aliphatic heterocycles. The summed E-state index contributed by atoms with van der Waals surface area (Å²) in [6.45, 7) is 0.286. The Morgan fingerprint density at radius 2 is 1.63 bits per heavy atom. The zero-order valence-corrected chi connectivity index (χ0v) is 18.8. The highest BCUT2D eigenvalue weighted by Crippen LogP contribution is 2.40. The van der Waals surface area contributed by atoms with Crippen molar-refractivity contribution in [3.63, 3.8) is 0 Å². The highest BCUT2D eigenvalue weighted by atomic mass is 19.4. The molecular formula is C25H25F4N5O. The van der Waals surface area contributed by atoms with Crippen LogP contribution in [0.4, 0.5) is 29.2 Å². The fourth-order valence-electron chi connectivity index (χ4n) is 3.79. The van der Waals surface area contributed by atoms with Crippen molar-refractivity contribution in [2.24, 2.45) is 11.7 Å². The van der Waals surface area contributed by atoms with Gasteiger partial charge in [-0.2, -0.15) is 17.6 Å². The Bertz CT molecular complexity index is 1160. The number of hydrogen-bond acceptors (Lipinski definition) is 5. The van der Waals surface area contributed by atoms with Gasteiger partial charge in [0.05, 0.1) is 18.0 Å². The molecule has 1 atom stereocenters. The summed E-state index contributed by atoms with van der Waals surface area (Å²) in [5.41, 5.74) is 6.73. The number of primary amides is 1. The van der Waals surface area contributed by atoms with Crippen LogP contribution in [0, 0.1) is 11.7 Å². The van der Waals surface area contributed by atoms with Crippen molar-refractivity contribution in [1.82, 2.24) is 9.97 Å². The largest absolute Gasteiger partial charge is 0.416 e. The number of hydrogen-bond donors (Lipinski definition) is 3. The third-order valence-electron chi connectivity index (χ3n) is 5.87. The second kappa shape index (κ2) is 10.3. The maximum Gasteiger partial charge on any atom is 0.416 e. The van der Waals surface area contributed by atoms with Crippen LogP contribution in [0.3, 0.4) is 0 Å². The first-order valence-electron chi connectivity index (χ1n) is 11.2. The van der Waals surface area contributed by atoms with Crippen LogP contribution < -0.4 is 16.4 Å². The molecule has 1 fully saturated rings. The second-order valence-corrected chi connectivity index (χ2v) is 8.69. The topological polar surface area (TPSA) is 92.9 Å². The van der Waals surface area contributed by atoms with Gasteiger partial charge >= 0.3 is 6.18 Å². The van der Waals surface area contributed by atoms with Crippen LogP contribution in [0.2, 0.25) is 0 Å². The van der Waals surface area contributed by atoms with E-state index in [2.05, 4.69) is 20.6 Å². The van der Waals surface area contributed by atoms with E-state index < -0.39 is 23.5 Å². The summed E-state index contributed by atoms with van der Waals surface area (Å²) >= 11 is 0. The molecule has 1 aliphatic rings. The van der Waals surface area contributed by atoms with Gasteiger partial charge in [-0.25, -0.2) is 9.97 Å². The summed E-state index contributed by atoms with van der Waals surface area (Å²) in [7, 11) is 0. The fourth-order valence-corrected chi connectivity index (χ4v) is 3.79. The lowest BCUT2D eigenvalue weighted by Crippen LogP contribution is -2.16. The number of aromatic nitrogens is 2. The van der Waals surface area contributed by atoms with Crippen LogP contribution in [0.25, 0.3) is 0 Å². The van der Waals surface area contributed by atoms with Crippen molar-refractivity contribution < 1.29 is 22.4 Å². The molecule has 10 heteroatoms. The summed E-state index contributed by atoms with van der Waals surface area (Å²) in [5.74, 6) is -0.679. The van der Waals surface area contributed by atoms with Gasteiger partial charge in [0.2, 0.25) is 11.7 Å². The average molecular weight is 488 g/mol. The van der Waals surface area contributed by atoms with E-state index in [9.17, 15) is 18.0 Å². The third kappa shape index (κ3) is 6.68. The van der Waals surface area contributed by atoms with Gasteiger partial charge in [-0.05, 0) is 41.2 Å². The minimum Gasteiger partial charge on any atom is -0.369 e. The minimum absolute atomic E-state index is 0.00121. The molecule has 6 nitrogen and oxygen atoms in total. The number of halogens is 4. The van der Waals surface area contributed by atoms with E-state index in [1.165, 1.54) is 18.5 Å². The Kier molecular flexibility index (Phi) is 7.18. The van der Waals surface area contributed by atoms with Gasteiger partial charge in [0.1, 0.15) is 6.33 Å². The molecule has 4 rings (SSSR count). The first-order chi connectivity index (χ1) is 16.7. The number of nitrogens with two attached hydrogens (primary N) is 1. The molecule has 3 aromatic rings. The molecule has 0 saturated heterocycles. The molecule has 1 unspecified atom stereocenters. The third-order valence-corrected chi connectivity index (χ3v) is 5.87. The Balaban J connectivity index is 1.46. The zero-order chi connectivity index (χ0) is 25.0. The lowest BCUT2D eigenvalue weighted by molar-refractivity contribution is -0.137. The standard InChI is InChI=1S/C25H25F4N5O/c26-22-23(31-13-17-5-3-16(4-6-17)12-21(30)35)32-14-33-24(22)34-20(11-15-1-2-15)18-7-9-19(10-8-18)25(27,28)29/h3-10,14-15,20H,1-2,11-13H2,(H2,30,35)(H2,31,32,33,34). The van der Waals surface area contributed by atoms with Crippen LogP contribution in [0.15, 0.2) is 54.9 Å². The molecule has 4 N–H and O–H groups in total. The smallest absolute Gasteiger partial charge is 0.369 e. The molecular weight excluding hydrogens is 462 g/mol. The van der Waals surface area contributed by atoms with E-state index in [1.807, 2.05) is 0 Å². The maximum atomic E-state index is 15.2. The lowest BCUT2D eigenvalue weighted by Gasteiger charge is -2.21. The number of benzene rings is 2. The van der Waals surface area contributed by atoms with Crippen molar-refractivity contribution >= 4 is 17.5 Å². The fraction of sp³-hybridized carbons (Fsp3) is 0.320. The first kappa shape index (κ1) is 24.4. The minimum atomic E-state index is -4.42. The highest BCUT2D eigenvalue weighted by Gasteiger charge is 2.31. The zero-order valence-electron chi connectivity index (χ0n) is 18.8. The lowest BCUT2D eigenvalue weighted by atomic mass is 9.99. The van der Waals surface area contributed by atoms with Crippen LogP contribution in [-0.2, 0) is 23.9 Å². The molecule has 1 saturated carbocycles. The summed E-state index contributed by atoms with van der Waals surface area (Å²) < 4.78 is 54.0. The molecule has 184 valence electrons. The van der Waals surface area contributed by atoms with Crippen LogP contribution >= 0.6 is 0 Å². The summed E-state index contributed by atoms with van der Waals surface area (Å²) in [6, 6.07) is 11.7. The van der Waals surface area contributed by atoms with E-state index in [1.54, 1.807) is 24.3 Å². The Labute approximate surface area is 200 Å². The number of rotatable bonds is 10. The predicted octanol–water partition coefficient (Wildman–Crippen LogP) is 5.23. The second-order valence-electron chi connectivity index (χ2n) is 8.69. The molecule has 0 spiro atoms. The summed E-state index contributed by atoms with van der Waals surface area (Å²) in [5, 5.41) is 6.00. The van der Waals surface area contributed by atoms with Crippen molar-refractivity contribution in [2.75, 3.05) is 10.6 Å². The number of nitrogens with one attached hydrogen (secondary N) is 2. The van der Waals surface area contributed by atoms with Crippen molar-refractivity contribution in [1.29, 1.82) is 0 Å². The summed E-state index contributed by atoms with van der Waals surface area (Å²) in [4.78, 5) is 19.0. The molecule has 1 aliphatic carbocycles. The maximum absolute atomic E-state index is 15.2. The van der Waals surface area contributed by atoms with E-state index in [-0.39, 0.29) is 30.6 Å². The molecule has 1 aromatic heterocycles. The van der Waals surface area contributed by atoms with Gasteiger partial charge < -0.3 is 16.4 Å². The van der Waals surface area contributed by atoms with Gasteiger partial charge in [0.25, 0.3) is 0 Å². The molecule has 35 heavy (non-hydrogen) atoms. The number of alkyl halides is 3. The van der Waals surface area contributed by atoms with Gasteiger partial charge in [0.15, 0.2) is 11.6 Å². The Morgan fingerprint density at radius 3 is 2.23 bits per heavy atom. The Hall–Kier alpha value is -3.69. The van der Waals surface area contributed by atoms with Crippen LogP contribution in [0.1, 0.15) is 47.6 Å². The number of carbonyl (C=O) groups excluding carboxylic acids is 1. The quantitative estimate of drug-likeness (QED) is 0.341. The van der Waals surface area contributed by atoms with Gasteiger partial charge in [-0.15, -0.1) is 0 Å². The average Bonchev–Trinajstić information content (AvgIpc) is 3.63. The molecule has 0 radical (unpaired) electrons. The molecule has 1 amide bonds. The number of carbonyl (C=O) groups is 1. The van der Waals surface area contributed by atoms with E-state index in [4.69, 9.17) is 5.73 Å². The first-order valence-corrected chi connectivity index (χ1v) is 11.2. The Morgan fingerprint density at radius 1 is 1.00 bits per heavy atom. The van der Waals surface area contributed by atoms with Gasteiger partial charge in [0, 0.05) is 6.54 Å². The molecule has 2 aromatic carbocycles. The van der Waals surface area contributed by atoms with Crippen LogP contribution in [0.5, 0.6) is 0 Å². The van der Waals surface area contributed by atoms with E-state index >= 15 is 4.39 Å². The van der Waals surface area contributed by atoms with E-state index in [0.29, 0.717) is 17.9 Å². The number of anilines is 2. The van der Waals surface area contributed by atoms with Gasteiger partial charge in [-0.3, -0.25) is 4.79 Å².